The van der Waals surface area contributed by atoms with Crippen molar-refractivity contribution in [1.29, 1.82) is 0 Å². The van der Waals surface area contributed by atoms with Gasteiger partial charge in [-0.1, -0.05) is 74.2 Å². The van der Waals surface area contributed by atoms with Gasteiger partial charge in [-0.2, -0.15) is 0 Å². The van der Waals surface area contributed by atoms with Crippen molar-refractivity contribution in [3.8, 4) is 33.5 Å². The van der Waals surface area contributed by atoms with Gasteiger partial charge in [0.1, 0.15) is 5.82 Å². The van der Waals surface area contributed by atoms with E-state index in [4.69, 9.17) is 4.98 Å². The minimum absolute atomic E-state index is 0.0773. The van der Waals surface area contributed by atoms with E-state index in [9.17, 15) is 4.79 Å². The summed E-state index contributed by atoms with van der Waals surface area (Å²) in [6, 6.07) is 22.3. The SMILES string of the molecule is O=C(Nc1cccc(-c2ccc(-c3ccc(-c4cnc(C5CCCC5)[nH]4)cc3)c3c2CCC32CCCC2)c1)[C@@H]1CCCN1. The zero-order valence-electron chi connectivity index (χ0n) is 25.1. The summed E-state index contributed by atoms with van der Waals surface area (Å²) in [5, 5.41) is 6.49. The van der Waals surface area contributed by atoms with Crippen molar-refractivity contribution in [2.75, 3.05) is 11.9 Å². The summed E-state index contributed by atoms with van der Waals surface area (Å²) >= 11 is 0. The first-order valence-corrected chi connectivity index (χ1v) is 16.6. The summed E-state index contributed by atoms with van der Waals surface area (Å²) in [6.07, 6.45) is 16.7. The Kier molecular flexibility index (Phi) is 6.94. The number of fused-ring (bicyclic) bond motifs is 2. The van der Waals surface area contributed by atoms with E-state index in [0.29, 0.717) is 11.3 Å². The molecule has 8 rings (SSSR count). The molecule has 1 amide bonds. The molecule has 1 spiro atoms. The van der Waals surface area contributed by atoms with E-state index < -0.39 is 0 Å². The second kappa shape index (κ2) is 11.1. The second-order valence-electron chi connectivity index (χ2n) is 13.5. The number of carbonyl (C=O) groups excluding carboxylic acids is 1. The fourth-order valence-corrected chi connectivity index (χ4v) is 8.69. The van der Waals surface area contributed by atoms with Gasteiger partial charge in [0, 0.05) is 11.6 Å². The molecule has 3 aliphatic carbocycles. The highest BCUT2D eigenvalue weighted by Crippen LogP contribution is 2.55. The molecule has 0 bridgehead atoms. The van der Waals surface area contributed by atoms with Crippen LogP contribution in [0.4, 0.5) is 5.69 Å². The van der Waals surface area contributed by atoms with Gasteiger partial charge in [-0.05, 0) is 114 Å². The molecule has 4 aromatic rings. The van der Waals surface area contributed by atoms with Crippen LogP contribution in [0, 0.1) is 0 Å². The molecular weight excluding hydrogens is 528 g/mol. The van der Waals surface area contributed by atoms with Gasteiger partial charge in [0.2, 0.25) is 5.91 Å². The molecule has 4 aliphatic rings. The van der Waals surface area contributed by atoms with Crippen LogP contribution in [0.3, 0.4) is 0 Å². The number of aromatic amines is 1. The lowest BCUT2D eigenvalue weighted by Gasteiger charge is -2.28. The number of nitrogens with one attached hydrogen (secondary N) is 3. The van der Waals surface area contributed by atoms with Crippen LogP contribution in [-0.2, 0) is 16.6 Å². The molecule has 1 aliphatic heterocycles. The molecule has 3 N–H and O–H groups in total. The topological polar surface area (TPSA) is 69.8 Å². The fourth-order valence-electron chi connectivity index (χ4n) is 8.69. The smallest absolute Gasteiger partial charge is 0.241 e. The van der Waals surface area contributed by atoms with Gasteiger partial charge in [0.05, 0.1) is 17.9 Å². The third-order valence-corrected chi connectivity index (χ3v) is 10.9. The minimum atomic E-state index is -0.0802. The molecule has 2 saturated carbocycles. The highest BCUT2D eigenvalue weighted by Gasteiger charge is 2.43. The van der Waals surface area contributed by atoms with Crippen molar-refractivity contribution in [2.45, 2.75) is 94.4 Å². The van der Waals surface area contributed by atoms with Crippen LogP contribution in [0.2, 0.25) is 0 Å². The number of hydrogen-bond donors (Lipinski definition) is 3. The molecule has 0 unspecified atom stereocenters. The lowest BCUT2D eigenvalue weighted by Crippen LogP contribution is -2.35. The number of aromatic nitrogens is 2. The van der Waals surface area contributed by atoms with Crippen molar-refractivity contribution in [2.24, 2.45) is 0 Å². The number of hydrogen-bond acceptors (Lipinski definition) is 3. The van der Waals surface area contributed by atoms with Crippen molar-refractivity contribution in [3.63, 3.8) is 0 Å². The Labute approximate surface area is 254 Å². The molecule has 5 nitrogen and oxygen atoms in total. The average Bonchev–Trinajstić information content (AvgIpc) is 3.89. The lowest BCUT2D eigenvalue weighted by atomic mass is 9.76. The Hall–Kier alpha value is -3.70. The predicted molar refractivity (Wildman–Crippen MR) is 174 cm³/mol. The fraction of sp³-hybridized carbons (Fsp3) is 0.421. The van der Waals surface area contributed by atoms with E-state index in [0.717, 1.165) is 43.0 Å². The number of nitrogens with zero attached hydrogens (tertiary/aromatic N) is 1. The van der Waals surface area contributed by atoms with E-state index in [1.54, 1.807) is 5.56 Å². The van der Waals surface area contributed by atoms with E-state index >= 15 is 0 Å². The summed E-state index contributed by atoms with van der Waals surface area (Å²) < 4.78 is 0. The van der Waals surface area contributed by atoms with Crippen LogP contribution >= 0.6 is 0 Å². The highest BCUT2D eigenvalue weighted by molar-refractivity contribution is 5.95. The summed E-state index contributed by atoms with van der Waals surface area (Å²) in [4.78, 5) is 21.2. The normalized spacial score (nSPS) is 21.1. The Balaban J connectivity index is 1.12. The summed E-state index contributed by atoms with van der Waals surface area (Å²) in [5.41, 5.74) is 11.8. The summed E-state index contributed by atoms with van der Waals surface area (Å²) in [6.45, 7) is 0.922. The van der Waals surface area contributed by atoms with Crippen LogP contribution in [0.1, 0.15) is 93.5 Å². The molecule has 43 heavy (non-hydrogen) atoms. The molecule has 1 atom stereocenters. The van der Waals surface area contributed by atoms with E-state index in [1.807, 2.05) is 12.3 Å². The molecular formula is C38H42N4O. The monoisotopic (exact) mass is 570 g/mol. The van der Waals surface area contributed by atoms with Gasteiger partial charge in [-0.25, -0.2) is 4.98 Å². The molecule has 3 aromatic carbocycles. The van der Waals surface area contributed by atoms with Gasteiger partial charge in [-0.15, -0.1) is 0 Å². The standard InChI is InChI=1S/C38H42N4O/c43-37(33-11-6-22-39-33)41-29-10-5-9-28(23-29)30-16-17-31(35-32(30)18-21-38(35)19-3-4-20-38)25-12-14-26(15-13-25)34-24-40-36(42-34)27-7-1-2-8-27/h5,9-10,12-17,23-24,27,33,39H,1-4,6-8,11,18-22H2,(H,40,42)(H,41,43)/t33-/m0/s1. The second-order valence-corrected chi connectivity index (χ2v) is 13.5. The highest BCUT2D eigenvalue weighted by atomic mass is 16.2. The third kappa shape index (κ3) is 4.92. The number of benzene rings is 3. The molecule has 1 aromatic heterocycles. The maximum Gasteiger partial charge on any atom is 0.241 e. The van der Waals surface area contributed by atoms with Crippen LogP contribution in [-0.4, -0.2) is 28.5 Å². The van der Waals surface area contributed by atoms with Crippen LogP contribution in [0.15, 0.2) is 66.9 Å². The van der Waals surface area contributed by atoms with E-state index in [1.165, 1.54) is 91.2 Å². The number of H-pyrrole nitrogens is 1. The quantitative estimate of drug-likeness (QED) is 0.218. The van der Waals surface area contributed by atoms with Crippen LogP contribution < -0.4 is 10.6 Å². The average molecular weight is 571 g/mol. The molecule has 2 heterocycles. The third-order valence-electron chi connectivity index (χ3n) is 10.9. The first-order chi connectivity index (χ1) is 21.2. The molecule has 220 valence electrons. The molecule has 5 heteroatoms. The predicted octanol–water partition coefficient (Wildman–Crippen LogP) is 8.52. The number of amides is 1. The lowest BCUT2D eigenvalue weighted by molar-refractivity contribution is -0.117. The molecule has 0 radical (unpaired) electrons. The Morgan fingerprint density at radius 3 is 2.40 bits per heavy atom. The Bertz CT molecular complexity index is 1630. The number of rotatable bonds is 6. The zero-order chi connectivity index (χ0) is 28.8. The molecule has 1 saturated heterocycles. The maximum atomic E-state index is 12.8. The van der Waals surface area contributed by atoms with Crippen LogP contribution in [0.5, 0.6) is 0 Å². The Morgan fingerprint density at radius 1 is 0.814 bits per heavy atom. The van der Waals surface area contributed by atoms with Crippen molar-refractivity contribution < 1.29 is 4.79 Å². The maximum absolute atomic E-state index is 12.8. The zero-order valence-corrected chi connectivity index (χ0v) is 25.1. The van der Waals surface area contributed by atoms with Gasteiger partial charge in [0.15, 0.2) is 0 Å². The van der Waals surface area contributed by atoms with Gasteiger partial charge in [-0.3, -0.25) is 4.79 Å². The number of imidazole rings is 1. The minimum Gasteiger partial charge on any atom is -0.342 e. The van der Waals surface area contributed by atoms with E-state index in [-0.39, 0.29) is 11.9 Å². The molecule has 3 fully saturated rings. The van der Waals surface area contributed by atoms with Crippen molar-refractivity contribution in [1.82, 2.24) is 15.3 Å². The van der Waals surface area contributed by atoms with Crippen molar-refractivity contribution in [3.05, 3.63) is 83.8 Å². The van der Waals surface area contributed by atoms with Crippen LogP contribution in [0.25, 0.3) is 33.5 Å². The summed E-state index contributed by atoms with van der Waals surface area (Å²) in [5.74, 6) is 1.83. The van der Waals surface area contributed by atoms with Gasteiger partial charge in [0.25, 0.3) is 0 Å². The first-order valence-electron chi connectivity index (χ1n) is 16.6. The summed E-state index contributed by atoms with van der Waals surface area (Å²) in [7, 11) is 0. The van der Waals surface area contributed by atoms with Crippen molar-refractivity contribution >= 4 is 11.6 Å². The first kappa shape index (κ1) is 26.9. The largest absolute Gasteiger partial charge is 0.342 e. The van der Waals surface area contributed by atoms with Gasteiger partial charge >= 0.3 is 0 Å². The number of anilines is 1. The Morgan fingerprint density at radius 2 is 1.60 bits per heavy atom. The van der Waals surface area contributed by atoms with E-state index in [2.05, 4.69) is 70.2 Å². The number of carbonyl (C=O) groups is 1. The van der Waals surface area contributed by atoms with Gasteiger partial charge < -0.3 is 15.6 Å².